The average Bonchev–Trinajstić information content (AvgIpc) is 2.80. The molecule has 0 aliphatic rings. The molecule has 0 aromatic heterocycles. The zero-order chi connectivity index (χ0) is 24.0. The summed E-state index contributed by atoms with van der Waals surface area (Å²) in [6.45, 7) is 3.48. The van der Waals surface area contributed by atoms with Gasteiger partial charge < -0.3 is 10.1 Å². The predicted molar refractivity (Wildman–Crippen MR) is 128 cm³/mol. The molecule has 0 atom stereocenters. The third-order valence-corrected chi connectivity index (χ3v) is 5.15. The zero-order valence-corrected chi connectivity index (χ0v) is 19.2. The second-order valence-corrected chi connectivity index (χ2v) is 7.82. The fourth-order valence-electron chi connectivity index (χ4n) is 2.65. The number of hydrogen-bond acceptors (Lipinski definition) is 5. The molecule has 9 heteroatoms. The van der Waals surface area contributed by atoms with E-state index in [1.165, 1.54) is 6.07 Å². The molecule has 2 amide bonds. The van der Waals surface area contributed by atoms with Gasteiger partial charge in [0, 0.05) is 15.7 Å². The molecule has 168 valence electrons. The van der Waals surface area contributed by atoms with Gasteiger partial charge in [-0.15, -0.1) is 0 Å². The second kappa shape index (κ2) is 10.8. The number of hydrogen-bond donors (Lipinski definition) is 2. The molecular formula is C24H19Cl2N3O4. The van der Waals surface area contributed by atoms with Gasteiger partial charge in [0.1, 0.15) is 5.75 Å². The number of hydrazone groups is 1. The first-order valence-electron chi connectivity index (χ1n) is 9.73. The van der Waals surface area contributed by atoms with Crippen LogP contribution in [0.5, 0.6) is 5.75 Å². The molecule has 3 aromatic carbocycles. The van der Waals surface area contributed by atoms with Crippen LogP contribution in [-0.2, 0) is 9.59 Å². The van der Waals surface area contributed by atoms with Gasteiger partial charge in [-0.2, -0.15) is 5.10 Å². The molecule has 3 rings (SSSR count). The molecule has 33 heavy (non-hydrogen) atoms. The lowest BCUT2D eigenvalue weighted by atomic mass is 10.1. The van der Waals surface area contributed by atoms with Gasteiger partial charge >= 0.3 is 17.8 Å². The summed E-state index contributed by atoms with van der Waals surface area (Å²) in [5.74, 6) is -2.02. The molecular weight excluding hydrogens is 465 g/mol. The first-order chi connectivity index (χ1) is 15.7. The van der Waals surface area contributed by atoms with Gasteiger partial charge in [0.15, 0.2) is 0 Å². The maximum absolute atomic E-state index is 12.2. The Hall–Kier alpha value is -3.68. The summed E-state index contributed by atoms with van der Waals surface area (Å²) in [6.07, 6.45) is 0. The fraction of sp³-hybridized carbons (Fsp3) is 0.0833. The number of halogens is 2. The number of anilines is 1. The Bertz CT molecular complexity index is 1240. The summed E-state index contributed by atoms with van der Waals surface area (Å²) in [6, 6.07) is 17.9. The number of aryl methyl sites for hydroxylation is 1. The maximum atomic E-state index is 12.2. The minimum absolute atomic E-state index is 0.330. The van der Waals surface area contributed by atoms with Crippen molar-refractivity contribution in [2.75, 3.05) is 5.32 Å². The average molecular weight is 484 g/mol. The van der Waals surface area contributed by atoms with Crippen molar-refractivity contribution < 1.29 is 19.1 Å². The molecule has 7 nitrogen and oxygen atoms in total. The molecule has 3 aromatic rings. The summed E-state index contributed by atoms with van der Waals surface area (Å²) in [5, 5.41) is 7.31. The Kier molecular flexibility index (Phi) is 7.82. The van der Waals surface area contributed by atoms with E-state index in [2.05, 4.69) is 15.8 Å². The molecule has 0 bridgehead atoms. The molecule has 0 saturated carbocycles. The lowest BCUT2D eigenvalue weighted by Gasteiger charge is -2.07. The first-order valence-corrected chi connectivity index (χ1v) is 10.5. The van der Waals surface area contributed by atoms with E-state index in [0.717, 1.165) is 5.56 Å². The lowest BCUT2D eigenvalue weighted by Crippen LogP contribution is -2.32. The number of benzene rings is 3. The van der Waals surface area contributed by atoms with E-state index >= 15 is 0 Å². The van der Waals surface area contributed by atoms with Crippen molar-refractivity contribution in [1.29, 1.82) is 0 Å². The molecule has 0 radical (unpaired) electrons. The van der Waals surface area contributed by atoms with Crippen molar-refractivity contribution in [2.24, 2.45) is 5.10 Å². The predicted octanol–water partition coefficient (Wildman–Crippen LogP) is 5.00. The molecule has 0 saturated heterocycles. The van der Waals surface area contributed by atoms with Crippen molar-refractivity contribution in [2.45, 2.75) is 13.8 Å². The first kappa shape index (κ1) is 24.0. The number of carbonyl (C=O) groups excluding carboxylic acids is 3. The van der Waals surface area contributed by atoms with E-state index in [9.17, 15) is 14.4 Å². The SMILES string of the molecule is CC(=NNC(=O)C(=O)Nc1ccc(C)c(Cl)c1)c1ccc(OC(=O)c2cccc(Cl)c2)cc1. The number of carbonyl (C=O) groups is 3. The van der Waals surface area contributed by atoms with Crippen molar-refractivity contribution in [3.8, 4) is 5.75 Å². The van der Waals surface area contributed by atoms with Crippen LogP contribution in [0.15, 0.2) is 71.8 Å². The third kappa shape index (κ3) is 6.65. The van der Waals surface area contributed by atoms with Gasteiger partial charge in [-0.25, -0.2) is 10.2 Å². The second-order valence-electron chi connectivity index (χ2n) is 6.98. The maximum Gasteiger partial charge on any atom is 0.343 e. The monoisotopic (exact) mass is 483 g/mol. The van der Waals surface area contributed by atoms with Crippen molar-refractivity contribution in [3.63, 3.8) is 0 Å². The lowest BCUT2D eigenvalue weighted by molar-refractivity contribution is -0.136. The molecule has 0 unspecified atom stereocenters. The number of esters is 1. The van der Waals surface area contributed by atoms with Gasteiger partial charge in [0.2, 0.25) is 0 Å². The van der Waals surface area contributed by atoms with Crippen LogP contribution in [0.2, 0.25) is 10.0 Å². The Balaban J connectivity index is 1.57. The van der Waals surface area contributed by atoms with Crippen LogP contribution in [0, 0.1) is 6.92 Å². The van der Waals surface area contributed by atoms with E-state index in [-0.39, 0.29) is 0 Å². The van der Waals surface area contributed by atoms with Gasteiger partial charge in [0.25, 0.3) is 0 Å². The minimum atomic E-state index is -0.932. The van der Waals surface area contributed by atoms with Crippen LogP contribution < -0.4 is 15.5 Å². The highest BCUT2D eigenvalue weighted by Crippen LogP contribution is 2.20. The van der Waals surface area contributed by atoms with Gasteiger partial charge in [-0.1, -0.05) is 35.3 Å². The van der Waals surface area contributed by atoms with Crippen LogP contribution in [0.25, 0.3) is 0 Å². The van der Waals surface area contributed by atoms with E-state index < -0.39 is 17.8 Å². The Labute approximate surface area is 200 Å². The number of ether oxygens (including phenoxy) is 1. The van der Waals surface area contributed by atoms with Crippen LogP contribution in [0.1, 0.15) is 28.4 Å². The Morgan fingerprint density at radius 2 is 1.61 bits per heavy atom. The van der Waals surface area contributed by atoms with Gasteiger partial charge in [0.05, 0.1) is 11.3 Å². The highest BCUT2D eigenvalue weighted by Gasteiger charge is 2.14. The minimum Gasteiger partial charge on any atom is -0.423 e. The van der Waals surface area contributed by atoms with Crippen LogP contribution in [0.3, 0.4) is 0 Å². The van der Waals surface area contributed by atoms with E-state index in [0.29, 0.717) is 38.3 Å². The van der Waals surface area contributed by atoms with Crippen LogP contribution >= 0.6 is 23.2 Å². The summed E-state index contributed by atoms with van der Waals surface area (Å²) in [5.41, 5.74) is 4.89. The zero-order valence-electron chi connectivity index (χ0n) is 17.7. The highest BCUT2D eigenvalue weighted by molar-refractivity contribution is 6.40. The standard InChI is InChI=1S/C24H19Cl2N3O4/c1-14-6-9-19(13-21(14)26)27-22(30)23(31)29-28-15(2)16-7-10-20(11-8-16)33-24(32)17-4-3-5-18(25)12-17/h3-13H,1-2H3,(H,27,30)(H,29,31). The third-order valence-electron chi connectivity index (χ3n) is 4.50. The summed E-state index contributed by atoms with van der Waals surface area (Å²) < 4.78 is 5.32. The molecule has 0 aliphatic heterocycles. The molecule has 0 spiro atoms. The van der Waals surface area contributed by atoms with E-state index in [1.54, 1.807) is 67.6 Å². The number of amides is 2. The summed E-state index contributed by atoms with van der Waals surface area (Å²) in [7, 11) is 0. The summed E-state index contributed by atoms with van der Waals surface area (Å²) in [4.78, 5) is 36.3. The highest BCUT2D eigenvalue weighted by atomic mass is 35.5. The Morgan fingerprint density at radius 3 is 2.27 bits per heavy atom. The molecule has 0 heterocycles. The van der Waals surface area contributed by atoms with Crippen molar-refractivity contribution in [1.82, 2.24) is 5.43 Å². The molecule has 0 aliphatic carbocycles. The largest absolute Gasteiger partial charge is 0.423 e. The van der Waals surface area contributed by atoms with Crippen molar-refractivity contribution in [3.05, 3.63) is 93.5 Å². The van der Waals surface area contributed by atoms with E-state index in [4.69, 9.17) is 27.9 Å². The van der Waals surface area contributed by atoms with E-state index in [1.807, 2.05) is 6.92 Å². The number of nitrogens with one attached hydrogen (secondary N) is 2. The fourth-order valence-corrected chi connectivity index (χ4v) is 3.02. The van der Waals surface area contributed by atoms with Gasteiger partial charge in [-0.05, 0) is 79.6 Å². The topological polar surface area (TPSA) is 96.9 Å². The summed E-state index contributed by atoms with van der Waals surface area (Å²) >= 11 is 11.9. The molecule has 0 fully saturated rings. The quantitative estimate of drug-likeness (QED) is 0.175. The van der Waals surface area contributed by atoms with Crippen molar-refractivity contribution >= 4 is 52.4 Å². The normalized spacial score (nSPS) is 11.0. The Morgan fingerprint density at radius 1 is 0.879 bits per heavy atom. The van der Waals surface area contributed by atoms with Gasteiger partial charge in [-0.3, -0.25) is 9.59 Å². The van der Waals surface area contributed by atoms with Crippen LogP contribution in [-0.4, -0.2) is 23.5 Å². The molecule has 2 N–H and O–H groups in total. The smallest absolute Gasteiger partial charge is 0.343 e. The number of nitrogens with zero attached hydrogens (tertiary/aromatic N) is 1. The van der Waals surface area contributed by atoms with Crippen LogP contribution in [0.4, 0.5) is 5.69 Å². The number of rotatable bonds is 5.